The standard InChI is InChI=1S/C22H22N4O6/c1-23-20-18(21(27)26(24-20)16-6-4-15(5-7-16)22(28)29)14-17-8-9-19(32-17)25(10-12-30-2)11-13-31-3/h4-9,14H,10-13H2,2-3H3,(H,28,29)/b18-14-. The van der Waals surface area contributed by atoms with Crippen LogP contribution in [0.2, 0.25) is 0 Å². The second-order valence-electron chi connectivity index (χ2n) is 6.71. The molecule has 1 amide bonds. The van der Waals surface area contributed by atoms with Gasteiger partial charge < -0.3 is 28.7 Å². The van der Waals surface area contributed by atoms with E-state index in [2.05, 4.69) is 9.95 Å². The van der Waals surface area contributed by atoms with E-state index in [-0.39, 0.29) is 17.0 Å². The van der Waals surface area contributed by atoms with E-state index >= 15 is 0 Å². The molecule has 1 aromatic heterocycles. The van der Waals surface area contributed by atoms with Gasteiger partial charge in [-0.25, -0.2) is 4.79 Å². The first-order valence-corrected chi connectivity index (χ1v) is 9.67. The highest BCUT2D eigenvalue weighted by Gasteiger charge is 2.34. The van der Waals surface area contributed by atoms with Crippen molar-refractivity contribution in [2.24, 2.45) is 5.10 Å². The van der Waals surface area contributed by atoms with Crippen LogP contribution < -0.4 is 9.91 Å². The van der Waals surface area contributed by atoms with Gasteiger partial charge in [-0.15, -0.1) is 5.01 Å². The van der Waals surface area contributed by atoms with Crippen LogP contribution in [0.1, 0.15) is 16.1 Å². The van der Waals surface area contributed by atoms with Crippen LogP contribution in [0.4, 0.5) is 11.6 Å². The van der Waals surface area contributed by atoms with Crippen LogP contribution in [0, 0.1) is 6.57 Å². The molecule has 0 fully saturated rings. The number of carboxylic acid groups (broad SMARTS) is 1. The molecule has 0 saturated heterocycles. The normalized spacial score (nSPS) is 14.5. The monoisotopic (exact) mass is 438 g/mol. The number of amides is 1. The molecule has 3 rings (SSSR count). The number of carbonyl (C=O) groups excluding carboxylic acids is 1. The maximum absolute atomic E-state index is 12.9. The molecule has 1 aliphatic rings. The van der Waals surface area contributed by atoms with Gasteiger partial charge in [0, 0.05) is 33.4 Å². The minimum absolute atomic E-state index is 0.0779. The molecule has 2 heterocycles. The lowest BCUT2D eigenvalue weighted by Crippen LogP contribution is -2.30. The van der Waals surface area contributed by atoms with Crippen molar-refractivity contribution in [2.45, 2.75) is 0 Å². The molecule has 0 unspecified atom stereocenters. The molecule has 10 nitrogen and oxygen atoms in total. The number of aromatic carboxylic acids is 1. The number of methoxy groups -OCH3 is 2. The third-order valence-electron chi connectivity index (χ3n) is 4.66. The minimum Gasteiger partial charge on any atom is -0.478 e. The Bertz CT molecular complexity index is 1070. The van der Waals surface area contributed by atoms with Crippen molar-refractivity contribution < 1.29 is 28.6 Å². The number of carbonyl (C=O) groups is 2. The molecule has 1 aliphatic heterocycles. The Kier molecular flexibility index (Phi) is 7.38. The summed E-state index contributed by atoms with van der Waals surface area (Å²) in [6, 6.07) is 9.14. The van der Waals surface area contributed by atoms with E-state index in [0.29, 0.717) is 43.6 Å². The Morgan fingerprint density at radius 1 is 1.19 bits per heavy atom. The van der Waals surface area contributed by atoms with Gasteiger partial charge in [-0.2, -0.15) is 0 Å². The van der Waals surface area contributed by atoms with Crippen molar-refractivity contribution in [1.82, 2.24) is 0 Å². The predicted octanol–water partition coefficient (Wildman–Crippen LogP) is 2.74. The first kappa shape index (κ1) is 22.7. The molecule has 0 aliphatic carbocycles. The number of ether oxygens (including phenoxy) is 2. The van der Waals surface area contributed by atoms with Crippen molar-refractivity contribution in [1.29, 1.82) is 0 Å². The first-order valence-electron chi connectivity index (χ1n) is 9.67. The second-order valence-corrected chi connectivity index (χ2v) is 6.71. The molecule has 0 spiro atoms. The van der Waals surface area contributed by atoms with Crippen LogP contribution in [0.15, 0.2) is 51.5 Å². The Balaban J connectivity index is 1.84. The number of nitrogens with zero attached hydrogens (tertiary/aromatic N) is 4. The number of furan rings is 1. The lowest BCUT2D eigenvalue weighted by atomic mass is 10.1. The third-order valence-corrected chi connectivity index (χ3v) is 4.66. The van der Waals surface area contributed by atoms with Crippen molar-refractivity contribution >= 4 is 35.4 Å². The zero-order valence-corrected chi connectivity index (χ0v) is 17.6. The summed E-state index contributed by atoms with van der Waals surface area (Å²) in [5, 5.41) is 14.2. The summed E-state index contributed by atoms with van der Waals surface area (Å²) in [5.74, 6) is -0.686. The fourth-order valence-corrected chi connectivity index (χ4v) is 3.00. The Labute approximate surface area is 184 Å². The van der Waals surface area contributed by atoms with E-state index in [9.17, 15) is 9.59 Å². The fourth-order valence-electron chi connectivity index (χ4n) is 3.00. The Hall–Kier alpha value is -3.94. The van der Waals surface area contributed by atoms with Crippen molar-refractivity contribution in [2.75, 3.05) is 50.4 Å². The van der Waals surface area contributed by atoms with Crippen LogP contribution in [0.25, 0.3) is 10.9 Å². The smallest absolute Gasteiger partial charge is 0.335 e. The van der Waals surface area contributed by atoms with Gasteiger partial charge >= 0.3 is 11.8 Å². The summed E-state index contributed by atoms with van der Waals surface area (Å²) in [7, 11) is 3.23. The average molecular weight is 438 g/mol. The summed E-state index contributed by atoms with van der Waals surface area (Å²) in [6.45, 7) is 9.58. The summed E-state index contributed by atoms with van der Waals surface area (Å²) >= 11 is 0. The molecule has 0 atom stereocenters. The van der Waals surface area contributed by atoms with E-state index in [1.165, 1.54) is 30.3 Å². The van der Waals surface area contributed by atoms with E-state index in [0.717, 1.165) is 5.01 Å². The number of rotatable bonds is 10. The fraction of sp³-hybridized carbons (Fsp3) is 0.273. The summed E-state index contributed by atoms with van der Waals surface area (Å²) < 4.78 is 16.1. The van der Waals surface area contributed by atoms with Gasteiger partial charge in [-0.05, 0) is 41.5 Å². The molecule has 1 N–H and O–H groups in total. The van der Waals surface area contributed by atoms with Gasteiger partial charge in [0.1, 0.15) is 5.76 Å². The van der Waals surface area contributed by atoms with Crippen molar-refractivity contribution in [3.05, 3.63) is 64.7 Å². The maximum atomic E-state index is 12.9. The molecular formula is C22H22N4O6. The largest absolute Gasteiger partial charge is 0.478 e. The number of hydrazone groups is 1. The minimum atomic E-state index is -1.08. The highest BCUT2D eigenvalue weighted by Crippen LogP contribution is 2.27. The molecule has 0 radical (unpaired) electrons. The van der Waals surface area contributed by atoms with Gasteiger partial charge in [0.25, 0.3) is 5.91 Å². The van der Waals surface area contributed by atoms with Gasteiger partial charge in [-0.3, -0.25) is 4.79 Å². The molecular weight excluding hydrogens is 416 g/mol. The van der Waals surface area contributed by atoms with Gasteiger partial charge in [0.15, 0.2) is 5.88 Å². The molecule has 32 heavy (non-hydrogen) atoms. The second kappa shape index (κ2) is 10.4. The lowest BCUT2D eigenvalue weighted by molar-refractivity contribution is -0.114. The number of anilines is 2. The predicted molar refractivity (Wildman–Crippen MR) is 118 cm³/mol. The molecule has 10 heteroatoms. The van der Waals surface area contributed by atoms with Crippen molar-refractivity contribution in [3.63, 3.8) is 0 Å². The summed E-state index contributed by atoms with van der Waals surface area (Å²) in [5.41, 5.74) is 0.527. The van der Waals surface area contributed by atoms with Gasteiger partial charge in [0.2, 0.25) is 0 Å². The number of carboxylic acids is 1. The molecule has 1 aromatic carbocycles. The zero-order valence-electron chi connectivity index (χ0n) is 17.6. The van der Waals surface area contributed by atoms with Crippen LogP contribution in [0.3, 0.4) is 0 Å². The van der Waals surface area contributed by atoms with Gasteiger partial charge in [0.05, 0.1) is 30.0 Å². The number of hydrogen-bond acceptors (Lipinski definition) is 7. The van der Waals surface area contributed by atoms with Crippen LogP contribution in [-0.4, -0.2) is 63.3 Å². The lowest BCUT2D eigenvalue weighted by Gasteiger charge is -2.20. The van der Waals surface area contributed by atoms with Crippen LogP contribution in [0.5, 0.6) is 0 Å². The van der Waals surface area contributed by atoms with E-state index in [1.54, 1.807) is 26.4 Å². The molecule has 0 bridgehead atoms. The number of hydrogen-bond donors (Lipinski definition) is 1. The van der Waals surface area contributed by atoms with Gasteiger partial charge in [-0.1, -0.05) is 6.57 Å². The summed E-state index contributed by atoms with van der Waals surface area (Å²) in [6.07, 6.45) is 1.47. The van der Waals surface area contributed by atoms with E-state index in [4.69, 9.17) is 25.6 Å². The molecule has 0 saturated carbocycles. The van der Waals surface area contributed by atoms with Crippen LogP contribution in [-0.2, 0) is 14.3 Å². The molecule has 166 valence electrons. The first-order chi connectivity index (χ1) is 15.5. The average Bonchev–Trinajstić information content (AvgIpc) is 3.39. The number of amidine groups is 1. The Morgan fingerprint density at radius 2 is 1.84 bits per heavy atom. The topological polar surface area (TPSA) is 109 Å². The quantitative estimate of drug-likeness (QED) is 0.449. The van der Waals surface area contributed by atoms with E-state index in [1.807, 2.05) is 4.90 Å². The number of benzene rings is 1. The SMILES string of the molecule is [C-]#[N+]C1=NN(c2ccc(C(=O)O)cc2)C(=O)/C1=C\c1ccc(N(CCOC)CCOC)o1. The Morgan fingerprint density at radius 3 is 2.41 bits per heavy atom. The third kappa shape index (κ3) is 5.03. The van der Waals surface area contributed by atoms with Crippen LogP contribution >= 0.6 is 0 Å². The zero-order chi connectivity index (χ0) is 23.1. The maximum Gasteiger partial charge on any atom is 0.335 e. The summed E-state index contributed by atoms with van der Waals surface area (Å²) in [4.78, 5) is 29.3. The highest BCUT2D eigenvalue weighted by molar-refractivity contribution is 6.34. The van der Waals surface area contributed by atoms with Crippen molar-refractivity contribution in [3.8, 4) is 0 Å². The molecule has 2 aromatic rings. The van der Waals surface area contributed by atoms with E-state index < -0.39 is 11.9 Å². The highest BCUT2D eigenvalue weighted by atomic mass is 16.5.